The molecule has 0 spiro atoms. The molecule has 4 heterocycles. The highest BCUT2D eigenvalue weighted by atomic mass is 16.5. The highest BCUT2D eigenvalue weighted by Gasteiger charge is 2.34. The van der Waals surface area contributed by atoms with Gasteiger partial charge in [0.05, 0.1) is 64.2 Å². The average molecular weight is 686 g/mol. The monoisotopic (exact) mass is 685 g/mol. The fourth-order valence-corrected chi connectivity index (χ4v) is 5.66. The van der Waals surface area contributed by atoms with Crippen LogP contribution in [0.1, 0.15) is 58.3 Å². The summed E-state index contributed by atoms with van der Waals surface area (Å²) in [6.07, 6.45) is 8.64. The number of aromatic nitrogens is 6. The fourth-order valence-electron chi connectivity index (χ4n) is 5.66. The molecule has 2 aromatic heterocycles. The number of morpholine rings is 1. The number of anilines is 3. The first-order chi connectivity index (χ1) is 23.8. The zero-order valence-electron chi connectivity index (χ0n) is 29.6. The molecule has 2 aromatic rings. The lowest BCUT2D eigenvalue weighted by Crippen LogP contribution is -2.52. The number of rotatable bonds is 20. The van der Waals surface area contributed by atoms with E-state index >= 15 is 0 Å². The van der Waals surface area contributed by atoms with Crippen molar-refractivity contribution in [2.45, 2.75) is 52.6 Å². The average Bonchev–Trinajstić information content (AvgIpc) is 3.60. The van der Waals surface area contributed by atoms with Crippen molar-refractivity contribution in [1.82, 2.24) is 34.8 Å². The number of hydrogen-bond acceptors (Lipinski definition) is 14. The molecule has 2 fully saturated rings. The number of nitrogens with one attached hydrogen (secondary N) is 1. The summed E-state index contributed by atoms with van der Waals surface area (Å²) in [5, 5.41) is 12.0. The van der Waals surface area contributed by atoms with Gasteiger partial charge in [-0.1, -0.05) is 45.2 Å². The molecule has 16 nitrogen and oxygen atoms in total. The molecular weight excluding hydrogens is 630 g/mol. The molecular formula is C33H55N11O5. The summed E-state index contributed by atoms with van der Waals surface area (Å²) in [5.41, 5.74) is 7.10. The molecule has 0 unspecified atom stereocenters. The number of nitrogens with zero attached hydrogens (tertiary/aromatic N) is 9. The maximum atomic E-state index is 14.0. The first kappa shape index (κ1) is 38.2. The third kappa shape index (κ3) is 11.7. The first-order valence-corrected chi connectivity index (χ1v) is 17.5. The van der Waals surface area contributed by atoms with Gasteiger partial charge in [0.2, 0.25) is 23.8 Å². The van der Waals surface area contributed by atoms with Gasteiger partial charge < -0.3 is 44.7 Å². The Balaban J connectivity index is 1.35. The Kier molecular flexibility index (Phi) is 15.7. The summed E-state index contributed by atoms with van der Waals surface area (Å²) >= 11 is 0. The van der Waals surface area contributed by atoms with Crippen LogP contribution in [-0.2, 0) is 23.7 Å². The maximum absolute atomic E-state index is 14.0. The van der Waals surface area contributed by atoms with E-state index < -0.39 is 6.04 Å². The molecule has 2 aliphatic heterocycles. The number of terminal acetylenes is 1. The van der Waals surface area contributed by atoms with Crippen LogP contribution in [0.5, 0.6) is 0 Å². The minimum Gasteiger partial charge on any atom is -0.378 e. The zero-order valence-corrected chi connectivity index (χ0v) is 29.6. The number of carbonyl (C=O) groups excluding carboxylic acids is 1. The van der Waals surface area contributed by atoms with Gasteiger partial charge in [0, 0.05) is 45.8 Å². The standard InChI is InChI=1S/C33H55N11O5/c1-6-15-46-19-21-49-22-20-47-16-8-35-31-36-32(38-33(37-31)43-13-17-48-18-14-43)42-11-9-41(10-12-42)30(45)29(26(5)7-2)44-24-28(39-40-44)27(34)23-25(3)4/h1,24-27,29H,7-23,34H2,2-5H3,(H,35,36,37,38)/t26-,27-,29-/m0/s1. The molecule has 2 saturated heterocycles. The van der Waals surface area contributed by atoms with Crippen LogP contribution < -0.4 is 20.9 Å². The quantitative estimate of drug-likeness (QED) is 0.151. The third-order valence-corrected chi connectivity index (χ3v) is 8.59. The lowest BCUT2D eigenvalue weighted by atomic mass is 9.97. The Hall–Kier alpha value is -3.62. The Morgan fingerprint density at radius 2 is 1.59 bits per heavy atom. The molecule has 2 aliphatic rings. The Morgan fingerprint density at radius 1 is 0.959 bits per heavy atom. The molecule has 0 aromatic carbocycles. The van der Waals surface area contributed by atoms with Crippen molar-refractivity contribution in [3.63, 3.8) is 0 Å². The SMILES string of the molecule is C#CCOCCOCCOCCNc1nc(N2CCOCC2)nc(N2CCN(C(=O)[C@H]([C@@H](C)CC)n3cc([C@@H](N)CC(C)C)nn3)CC2)n1. The van der Waals surface area contributed by atoms with Gasteiger partial charge >= 0.3 is 0 Å². The number of hydrogen-bond donors (Lipinski definition) is 2. The summed E-state index contributed by atoms with van der Waals surface area (Å²) in [5.74, 6) is 4.62. The summed E-state index contributed by atoms with van der Waals surface area (Å²) in [6.45, 7) is 16.4. The normalized spacial score (nSPS) is 17.2. The summed E-state index contributed by atoms with van der Waals surface area (Å²) < 4.78 is 23.6. The predicted molar refractivity (Wildman–Crippen MR) is 186 cm³/mol. The van der Waals surface area contributed by atoms with E-state index in [4.69, 9.17) is 46.1 Å². The van der Waals surface area contributed by atoms with Gasteiger partial charge in [-0.05, 0) is 18.3 Å². The highest BCUT2D eigenvalue weighted by Crippen LogP contribution is 2.26. The molecule has 4 rings (SSSR count). The summed E-state index contributed by atoms with van der Waals surface area (Å²) in [6, 6.07) is -0.665. The smallest absolute Gasteiger partial charge is 0.247 e. The van der Waals surface area contributed by atoms with Crippen LogP contribution in [-0.4, -0.2) is 139 Å². The van der Waals surface area contributed by atoms with Gasteiger partial charge in [-0.25, -0.2) is 4.68 Å². The molecule has 3 atom stereocenters. The molecule has 272 valence electrons. The number of piperazine rings is 1. The van der Waals surface area contributed by atoms with E-state index in [0.29, 0.717) is 122 Å². The molecule has 16 heteroatoms. The second-order valence-electron chi connectivity index (χ2n) is 12.8. The topological polar surface area (TPSA) is 171 Å². The largest absolute Gasteiger partial charge is 0.378 e. The molecule has 3 N–H and O–H groups in total. The zero-order chi connectivity index (χ0) is 35.0. The van der Waals surface area contributed by atoms with Gasteiger partial charge in [-0.2, -0.15) is 15.0 Å². The summed E-state index contributed by atoms with van der Waals surface area (Å²) in [4.78, 5) is 34.4. The van der Waals surface area contributed by atoms with E-state index in [-0.39, 0.29) is 24.5 Å². The first-order valence-electron chi connectivity index (χ1n) is 17.5. The second kappa shape index (κ2) is 20.1. The molecule has 0 aliphatic carbocycles. The van der Waals surface area contributed by atoms with E-state index in [1.165, 1.54) is 0 Å². The molecule has 0 bridgehead atoms. The van der Waals surface area contributed by atoms with Gasteiger partial charge in [0.1, 0.15) is 12.6 Å². The van der Waals surface area contributed by atoms with E-state index in [1.54, 1.807) is 4.68 Å². The third-order valence-electron chi connectivity index (χ3n) is 8.59. The predicted octanol–water partition coefficient (Wildman–Crippen LogP) is 1.38. The van der Waals surface area contributed by atoms with Crippen LogP contribution in [0.25, 0.3) is 0 Å². The van der Waals surface area contributed by atoms with Gasteiger partial charge in [0.15, 0.2) is 0 Å². The number of carbonyl (C=O) groups is 1. The van der Waals surface area contributed by atoms with Crippen LogP contribution >= 0.6 is 0 Å². The Morgan fingerprint density at radius 3 is 2.22 bits per heavy atom. The van der Waals surface area contributed by atoms with E-state index in [9.17, 15) is 4.79 Å². The van der Waals surface area contributed by atoms with Gasteiger partial charge in [-0.3, -0.25) is 4.79 Å². The van der Waals surface area contributed by atoms with Crippen molar-refractivity contribution in [2.24, 2.45) is 17.6 Å². The number of nitrogens with two attached hydrogens (primary N) is 1. The maximum Gasteiger partial charge on any atom is 0.247 e. The molecule has 0 radical (unpaired) electrons. The van der Waals surface area contributed by atoms with Crippen molar-refractivity contribution in [1.29, 1.82) is 0 Å². The minimum atomic E-state index is -0.452. The lowest BCUT2D eigenvalue weighted by molar-refractivity contribution is -0.137. The van der Waals surface area contributed by atoms with Crippen molar-refractivity contribution in [2.75, 3.05) is 114 Å². The minimum absolute atomic E-state index is 0.0394. The van der Waals surface area contributed by atoms with Crippen LogP contribution in [0.2, 0.25) is 0 Å². The molecule has 49 heavy (non-hydrogen) atoms. The van der Waals surface area contributed by atoms with Gasteiger partial charge in [-0.15, -0.1) is 11.5 Å². The second-order valence-corrected chi connectivity index (χ2v) is 12.8. The number of ether oxygens (including phenoxy) is 4. The highest BCUT2D eigenvalue weighted by molar-refractivity contribution is 5.81. The summed E-state index contributed by atoms with van der Waals surface area (Å²) in [7, 11) is 0. The van der Waals surface area contributed by atoms with Gasteiger partial charge in [0.25, 0.3) is 0 Å². The van der Waals surface area contributed by atoms with Crippen molar-refractivity contribution < 1.29 is 23.7 Å². The van der Waals surface area contributed by atoms with Crippen molar-refractivity contribution in [3.8, 4) is 12.3 Å². The van der Waals surface area contributed by atoms with Crippen molar-refractivity contribution >= 4 is 23.8 Å². The van der Waals surface area contributed by atoms with Crippen molar-refractivity contribution in [3.05, 3.63) is 11.9 Å². The fraction of sp³-hybridized carbons (Fsp3) is 0.758. The molecule has 1 amide bonds. The number of amides is 1. The Labute approximate surface area is 290 Å². The van der Waals surface area contributed by atoms with E-state index in [0.717, 1.165) is 12.8 Å². The van der Waals surface area contributed by atoms with Crippen LogP contribution in [0, 0.1) is 24.2 Å². The Bertz CT molecular complexity index is 1310. The molecule has 0 saturated carbocycles. The van der Waals surface area contributed by atoms with E-state index in [1.807, 2.05) is 11.1 Å². The lowest BCUT2D eigenvalue weighted by Gasteiger charge is -2.37. The van der Waals surface area contributed by atoms with Crippen LogP contribution in [0.15, 0.2) is 6.20 Å². The van der Waals surface area contributed by atoms with Crippen LogP contribution in [0.3, 0.4) is 0 Å². The van der Waals surface area contributed by atoms with Crippen LogP contribution in [0.4, 0.5) is 17.8 Å². The van der Waals surface area contributed by atoms with E-state index in [2.05, 4.69) is 59.0 Å².